The van der Waals surface area contributed by atoms with Gasteiger partial charge in [-0.1, -0.05) is 0 Å². The monoisotopic (exact) mass is 478 g/mol. The molecule has 0 aliphatic carbocycles. The van der Waals surface area contributed by atoms with Crippen molar-refractivity contribution in [1.29, 1.82) is 0 Å². The van der Waals surface area contributed by atoms with E-state index in [0.717, 1.165) is 72.9 Å². The Bertz CT molecular complexity index is 1120. The summed E-state index contributed by atoms with van der Waals surface area (Å²) < 4.78 is 20.6. The summed E-state index contributed by atoms with van der Waals surface area (Å²) in [6.07, 6.45) is 0.906. The number of piperazine rings is 1. The largest absolute Gasteiger partial charge is 0.497 e. The van der Waals surface area contributed by atoms with Crippen molar-refractivity contribution in [3.05, 3.63) is 53.5 Å². The lowest BCUT2D eigenvalue weighted by atomic mass is 10.1. The molecule has 8 heteroatoms. The quantitative estimate of drug-likeness (QED) is 0.529. The second-order valence-electron chi connectivity index (χ2n) is 8.24. The topological polar surface area (TPSA) is 31.8 Å². The van der Waals surface area contributed by atoms with Gasteiger partial charge < -0.3 is 19.4 Å². The molecule has 3 aromatic rings. The third-order valence-electron chi connectivity index (χ3n) is 6.41. The molecule has 3 heterocycles. The van der Waals surface area contributed by atoms with Crippen LogP contribution in [0.4, 0.5) is 21.5 Å². The number of nitrogens with zero attached hydrogens (tertiary/aromatic N) is 4. The van der Waals surface area contributed by atoms with Crippen LogP contribution in [-0.2, 0) is 6.42 Å². The minimum absolute atomic E-state index is 0. The molecule has 32 heavy (non-hydrogen) atoms. The Morgan fingerprint density at radius 2 is 1.72 bits per heavy atom. The maximum Gasteiger partial charge on any atom is 0.148 e. The van der Waals surface area contributed by atoms with Crippen LogP contribution in [0, 0.1) is 12.7 Å². The van der Waals surface area contributed by atoms with E-state index in [1.807, 2.05) is 30.3 Å². The number of aromatic nitrogens is 1. The van der Waals surface area contributed by atoms with E-state index in [1.54, 1.807) is 13.2 Å². The molecule has 1 saturated heterocycles. The fraction of sp³-hybridized carbons (Fsp3) is 0.375. The maximum atomic E-state index is 15.2. The molecule has 2 aliphatic heterocycles. The van der Waals surface area contributed by atoms with Crippen molar-refractivity contribution in [2.75, 3.05) is 56.7 Å². The molecule has 0 amide bonds. The highest BCUT2D eigenvalue weighted by molar-refractivity contribution is 5.98. The van der Waals surface area contributed by atoms with Crippen LogP contribution in [0.1, 0.15) is 11.3 Å². The fourth-order valence-electron chi connectivity index (χ4n) is 4.68. The number of halogens is 3. The number of hydrogen-bond donors (Lipinski definition) is 0. The third-order valence-corrected chi connectivity index (χ3v) is 6.41. The summed E-state index contributed by atoms with van der Waals surface area (Å²) in [5.74, 6) is 0.650. The van der Waals surface area contributed by atoms with Gasteiger partial charge in [0.05, 0.1) is 24.0 Å². The Morgan fingerprint density at radius 3 is 2.41 bits per heavy atom. The van der Waals surface area contributed by atoms with Crippen LogP contribution in [-0.4, -0.2) is 56.8 Å². The SMILES string of the molecule is COc1ccc2nc(C)c3c(c2c1)N(c1ccc(N2CCN(C)CC2)c(F)c1)CC3.Cl.Cl. The van der Waals surface area contributed by atoms with Crippen LogP contribution in [0.5, 0.6) is 5.75 Å². The molecule has 2 aliphatic rings. The lowest BCUT2D eigenvalue weighted by Crippen LogP contribution is -2.44. The summed E-state index contributed by atoms with van der Waals surface area (Å²) in [6.45, 7) is 6.51. The number of pyridine rings is 1. The molecule has 5 rings (SSSR count). The molecule has 0 unspecified atom stereocenters. The van der Waals surface area contributed by atoms with E-state index < -0.39 is 0 Å². The number of rotatable bonds is 3. The second kappa shape index (κ2) is 9.69. The van der Waals surface area contributed by atoms with Crippen molar-refractivity contribution in [3.63, 3.8) is 0 Å². The van der Waals surface area contributed by atoms with Crippen LogP contribution in [0.25, 0.3) is 10.9 Å². The molecule has 0 N–H and O–H groups in total. The normalized spacial score (nSPS) is 15.9. The summed E-state index contributed by atoms with van der Waals surface area (Å²) in [7, 11) is 3.78. The van der Waals surface area contributed by atoms with Gasteiger partial charge in [0.15, 0.2) is 0 Å². The molecule has 0 atom stereocenters. The van der Waals surface area contributed by atoms with E-state index in [1.165, 1.54) is 5.56 Å². The lowest BCUT2D eigenvalue weighted by Gasteiger charge is -2.34. The molecule has 0 radical (unpaired) electrons. The van der Waals surface area contributed by atoms with Crippen molar-refractivity contribution in [2.45, 2.75) is 13.3 Å². The molecule has 1 aromatic heterocycles. The van der Waals surface area contributed by atoms with Gasteiger partial charge in [-0.3, -0.25) is 4.98 Å². The van der Waals surface area contributed by atoms with E-state index in [0.29, 0.717) is 5.69 Å². The molecule has 172 valence electrons. The number of likely N-dealkylation sites (N-methyl/N-ethyl adjacent to an activating group) is 1. The molecule has 5 nitrogen and oxygen atoms in total. The van der Waals surface area contributed by atoms with Gasteiger partial charge in [-0.25, -0.2) is 4.39 Å². The van der Waals surface area contributed by atoms with Gasteiger partial charge in [-0.15, -0.1) is 24.8 Å². The van der Waals surface area contributed by atoms with Crippen molar-refractivity contribution < 1.29 is 9.13 Å². The maximum absolute atomic E-state index is 15.2. The Hall–Kier alpha value is -2.28. The first-order valence-corrected chi connectivity index (χ1v) is 10.5. The second-order valence-corrected chi connectivity index (χ2v) is 8.24. The Labute approximate surface area is 201 Å². The molecular weight excluding hydrogens is 450 g/mol. The standard InChI is InChI=1S/C24H27FN4O.2ClH/c1-16-19-8-9-29(24(19)20-15-18(30-3)5-6-22(20)26-16)17-4-7-23(21(25)14-17)28-12-10-27(2)11-13-28;;/h4-7,14-15H,8-13H2,1-3H3;2*1H. The van der Waals surface area contributed by atoms with Gasteiger partial charge >= 0.3 is 0 Å². The van der Waals surface area contributed by atoms with Crippen LogP contribution >= 0.6 is 24.8 Å². The summed E-state index contributed by atoms with van der Waals surface area (Å²) in [5.41, 5.74) is 5.93. The highest BCUT2D eigenvalue weighted by atomic mass is 35.5. The Morgan fingerprint density at radius 1 is 0.969 bits per heavy atom. The molecule has 1 fully saturated rings. The predicted octanol–water partition coefficient (Wildman–Crippen LogP) is 4.98. The zero-order valence-electron chi connectivity index (χ0n) is 18.6. The Kier molecular flexibility index (Phi) is 7.38. The summed E-state index contributed by atoms with van der Waals surface area (Å²) in [6, 6.07) is 11.6. The Balaban J connectivity index is 0.00000144. The number of hydrogen-bond acceptors (Lipinski definition) is 5. The average Bonchev–Trinajstić information content (AvgIpc) is 3.20. The molecular formula is C24H29Cl2FN4O. The number of aryl methyl sites for hydroxylation is 1. The fourth-order valence-corrected chi connectivity index (χ4v) is 4.68. The summed E-state index contributed by atoms with van der Waals surface area (Å²) in [5, 5.41) is 1.05. The van der Waals surface area contributed by atoms with Crippen LogP contribution in [0.2, 0.25) is 0 Å². The van der Waals surface area contributed by atoms with E-state index in [-0.39, 0.29) is 30.6 Å². The van der Waals surface area contributed by atoms with E-state index in [4.69, 9.17) is 9.72 Å². The van der Waals surface area contributed by atoms with Gasteiger partial charge in [-0.2, -0.15) is 0 Å². The predicted molar refractivity (Wildman–Crippen MR) is 134 cm³/mol. The van der Waals surface area contributed by atoms with Crippen molar-refractivity contribution >= 4 is 52.8 Å². The summed E-state index contributed by atoms with van der Waals surface area (Å²) in [4.78, 5) is 11.4. The zero-order chi connectivity index (χ0) is 20.8. The minimum Gasteiger partial charge on any atom is -0.497 e. The number of methoxy groups -OCH3 is 1. The van der Waals surface area contributed by atoms with Crippen molar-refractivity contribution in [1.82, 2.24) is 9.88 Å². The molecule has 2 aromatic carbocycles. The lowest BCUT2D eigenvalue weighted by molar-refractivity contribution is 0.311. The highest BCUT2D eigenvalue weighted by Gasteiger charge is 2.27. The number of anilines is 3. The van der Waals surface area contributed by atoms with Gasteiger partial charge in [0.1, 0.15) is 11.6 Å². The van der Waals surface area contributed by atoms with Crippen LogP contribution < -0.4 is 14.5 Å². The van der Waals surface area contributed by atoms with Crippen LogP contribution in [0.15, 0.2) is 36.4 Å². The molecule has 0 spiro atoms. The smallest absolute Gasteiger partial charge is 0.148 e. The third kappa shape index (κ3) is 4.19. The summed E-state index contributed by atoms with van der Waals surface area (Å²) >= 11 is 0. The first-order chi connectivity index (χ1) is 14.5. The minimum atomic E-state index is -0.154. The van der Waals surface area contributed by atoms with E-state index >= 15 is 4.39 Å². The highest BCUT2D eigenvalue weighted by Crippen LogP contribution is 2.42. The zero-order valence-corrected chi connectivity index (χ0v) is 20.2. The number of ether oxygens (including phenoxy) is 1. The van der Waals surface area contributed by atoms with Gasteiger partial charge in [0, 0.05) is 49.5 Å². The van der Waals surface area contributed by atoms with Crippen LogP contribution in [0.3, 0.4) is 0 Å². The van der Waals surface area contributed by atoms with E-state index in [9.17, 15) is 0 Å². The molecule has 0 saturated carbocycles. The average molecular weight is 479 g/mol. The van der Waals surface area contributed by atoms with Crippen molar-refractivity contribution in [2.24, 2.45) is 0 Å². The first kappa shape index (κ1) is 24.4. The first-order valence-electron chi connectivity index (χ1n) is 10.5. The van der Waals surface area contributed by atoms with Gasteiger partial charge in [0.2, 0.25) is 0 Å². The number of benzene rings is 2. The molecule has 0 bridgehead atoms. The van der Waals surface area contributed by atoms with Gasteiger partial charge in [-0.05, 0) is 62.4 Å². The van der Waals surface area contributed by atoms with E-state index in [2.05, 4.69) is 28.7 Å². The number of fused-ring (bicyclic) bond motifs is 3. The van der Waals surface area contributed by atoms with Gasteiger partial charge in [0.25, 0.3) is 0 Å². The van der Waals surface area contributed by atoms with Crippen molar-refractivity contribution in [3.8, 4) is 5.75 Å².